The molecule has 2 rings (SSSR count). The van der Waals surface area contributed by atoms with Crippen molar-refractivity contribution in [3.05, 3.63) is 52.8 Å². The monoisotopic (exact) mass is 281 g/mol. The lowest BCUT2D eigenvalue weighted by atomic mass is 10.2. The number of phenols is 2. The molecule has 98 valence electrons. The SMILES string of the molecule is O=C(Nc1ccc(F)c(Cl)c1)c1cc(O)cc(O)c1. The first-order valence-electron chi connectivity index (χ1n) is 5.25. The second-order valence-corrected chi connectivity index (χ2v) is 4.23. The van der Waals surface area contributed by atoms with Crippen LogP contribution in [0.1, 0.15) is 10.4 Å². The average molecular weight is 282 g/mol. The van der Waals surface area contributed by atoms with Crippen molar-refractivity contribution in [2.75, 3.05) is 5.32 Å². The predicted molar refractivity (Wildman–Crippen MR) is 69.1 cm³/mol. The van der Waals surface area contributed by atoms with Crippen molar-refractivity contribution in [2.24, 2.45) is 0 Å². The first kappa shape index (κ1) is 13.2. The Balaban J connectivity index is 2.22. The maximum absolute atomic E-state index is 13.0. The second kappa shape index (κ2) is 5.16. The zero-order valence-electron chi connectivity index (χ0n) is 9.52. The molecule has 1 amide bonds. The quantitative estimate of drug-likeness (QED) is 0.792. The van der Waals surface area contributed by atoms with Gasteiger partial charge in [0.15, 0.2) is 0 Å². The fourth-order valence-corrected chi connectivity index (χ4v) is 1.68. The van der Waals surface area contributed by atoms with Gasteiger partial charge in [0, 0.05) is 17.3 Å². The number of anilines is 1. The van der Waals surface area contributed by atoms with E-state index in [4.69, 9.17) is 11.6 Å². The molecule has 0 bridgehead atoms. The van der Waals surface area contributed by atoms with Crippen molar-refractivity contribution < 1.29 is 19.4 Å². The van der Waals surface area contributed by atoms with Crippen molar-refractivity contribution in [1.82, 2.24) is 0 Å². The number of halogens is 2. The summed E-state index contributed by atoms with van der Waals surface area (Å²) in [4.78, 5) is 11.8. The summed E-state index contributed by atoms with van der Waals surface area (Å²) in [6.45, 7) is 0. The van der Waals surface area contributed by atoms with Crippen LogP contribution in [-0.2, 0) is 0 Å². The third-order valence-corrected chi connectivity index (χ3v) is 2.63. The molecule has 0 aliphatic carbocycles. The number of carbonyl (C=O) groups is 1. The van der Waals surface area contributed by atoms with Crippen LogP contribution >= 0.6 is 11.6 Å². The molecule has 19 heavy (non-hydrogen) atoms. The van der Waals surface area contributed by atoms with Gasteiger partial charge >= 0.3 is 0 Å². The van der Waals surface area contributed by atoms with Gasteiger partial charge in [0.25, 0.3) is 5.91 Å². The van der Waals surface area contributed by atoms with Crippen LogP contribution in [0, 0.1) is 5.82 Å². The molecule has 2 aromatic rings. The number of benzene rings is 2. The highest BCUT2D eigenvalue weighted by Crippen LogP contribution is 2.23. The number of amides is 1. The van der Waals surface area contributed by atoms with Crippen LogP contribution in [0.5, 0.6) is 11.5 Å². The van der Waals surface area contributed by atoms with Gasteiger partial charge in [-0.3, -0.25) is 4.79 Å². The Morgan fingerprint density at radius 2 is 1.74 bits per heavy atom. The maximum atomic E-state index is 13.0. The maximum Gasteiger partial charge on any atom is 0.255 e. The number of rotatable bonds is 2. The van der Waals surface area contributed by atoms with Crippen molar-refractivity contribution in [3.63, 3.8) is 0 Å². The van der Waals surface area contributed by atoms with Crippen molar-refractivity contribution in [2.45, 2.75) is 0 Å². The van der Waals surface area contributed by atoms with Crippen LogP contribution in [0.2, 0.25) is 5.02 Å². The number of carbonyl (C=O) groups excluding carboxylic acids is 1. The molecule has 0 atom stereocenters. The molecule has 0 heterocycles. The summed E-state index contributed by atoms with van der Waals surface area (Å²) < 4.78 is 13.0. The normalized spacial score (nSPS) is 10.2. The molecule has 0 spiro atoms. The summed E-state index contributed by atoms with van der Waals surface area (Å²) in [6.07, 6.45) is 0. The summed E-state index contributed by atoms with van der Waals surface area (Å²) in [5, 5.41) is 20.9. The molecule has 3 N–H and O–H groups in total. The van der Waals surface area contributed by atoms with E-state index in [0.717, 1.165) is 12.1 Å². The molecule has 4 nitrogen and oxygen atoms in total. The summed E-state index contributed by atoms with van der Waals surface area (Å²) >= 11 is 5.59. The molecule has 0 unspecified atom stereocenters. The zero-order valence-corrected chi connectivity index (χ0v) is 10.3. The summed E-state index contributed by atoms with van der Waals surface area (Å²) in [5.41, 5.74) is 0.372. The van der Waals surface area contributed by atoms with E-state index in [-0.39, 0.29) is 22.1 Å². The fraction of sp³-hybridized carbons (Fsp3) is 0. The Labute approximate surface area is 113 Å². The average Bonchev–Trinajstić information content (AvgIpc) is 2.32. The highest BCUT2D eigenvalue weighted by molar-refractivity contribution is 6.31. The summed E-state index contributed by atoms with van der Waals surface area (Å²) in [5.74, 6) is -1.62. The van der Waals surface area contributed by atoms with Crippen molar-refractivity contribution in [3.8, 4) is 11.5 Å². The Morgan fingerprint density at radius 1 is 1.11 bits per heavy atom. The third kappa shape index (κ3) is 3.14. The van der Waals surface area contributed by atoms with Crippen LogP contribution in [-0.4, -0.2) is 16.1 Å². The van der Waals surface area contributed by atoms with Gasteiger partial charge in [-0.15, -0.1) is 0 Å². The van der Waals surface area contributed by atoms with Crippen LogP contribution in [0.4, 0.5) is 10.1 Å². The van der Waals surface area contributed by atoms with Gasteiger partial charge in [0.2, 0.25) is 0 Å². The Hall–Kier alpha value is -2.27. The first-order chi connectivity index (χ1) is 8.95. The molecule has 2 aromatic carbocycles. The molecule has 0 radical (unpaired) electrons. The van der Waals surface area contributed by atoms with Crippen LogP contribution in [0.3, 0.4) is 0 Å². The van der Waals surface area contributed by atoms with Gasteiger partial charge in [-0.05, 0) is 30.3 Å². The predicted octanol–water partition coefficient (Wildman–Crippen LogP) is 3.14. The standard InChI is InChI=1S/C13H9ClFNO3/c14-11-5-8(1-2-12(11)15)16-13(19)7-3-9(17)6-10(18)4-7/h1-6,17-18H,(H,16,19). The first-order valence-corrected chi connectivity index (χ1v) is 5.63. The number of hydrogen-bond donors (Lipinski definition) is 3. The van der Waals surface area contributed by atoms with Crippen LogP contribution in [0.15, 0.2) is 36.4 Å². The van der Waals surface area contributed by atoms with E-state index in [1.165, 1.54) is 24.3 Å². The molecule has 0 saturated carbocycles. The van der Waals surface area contributed by atoms with E-state index in [9.17, 15) is 19.4 Å². The highest BCUT2D eigenvalue weighted by atomic mass is 35.5. The number of phenolic OH excluding ortho intramolecular Hbond substituents is 2. The van der Waals surface area contributed by atoms with Gasteiger partial charge in [0.05, 0.1) is 5.02 Å². The second-order valence-electron chi connectivity index (χ2n) is 3.82. The van der Waals surface area contributed by atoms with Gasteiger partial charge in [0.1, 0.15) is 17.3 Å². The molecule has 0 aliphatic rings. The molecular weight excluding hydrogens is 273 g/mol. The smallest absolute Gasteiger partial charge is 0.255 e. The minimum absolute atomic E-state index is 0.0675. The van der Waals surface area contributed by atoms with Crippen LogP contribution < -0.4 is 5.32 Å². The third-order valence-electron chi connectivity index (χ3n) is 2.34. The molecule has 0 saturated heterocycles. The van der Waals surface area contributed by atoms with E-state index in [1.54, 1.807) is 0 Å². The largest absolute Gasteiger partial charge is 0.508 e. The van der Waals surface area contributed by atoms with Crippen LogP contribution in [0.25, 0.3) is 0 Å². The minimum atomic E-state index is -0.588. The van der Waals surface area contributed by atoms with E-state index in [2.05, 4.69) is 5.32 Å². The van der Waals surface area contributed by atoms with E-state index < -0.39 is 11.7 Å². The summed E-state index contributed by atoms with van der Waals surface area (Å²) in [7, 11) is 0. The fourth-order valence-electron chi connectivity index (χ4n) is 1.50. The van der Waals surface area contributed by atoms with E-state index in [0.29, 0.717) is 5.69 Å². The van der Waals surface area contributed by atoms with Gasteiger partial charge in [-0.2, -0.15) is 0 Å². The Bertz CT molecular complexity index is 626. The van der Waals surface area contributed by atoms with Crippen molar-refractivity contribution >= 4 is 23.2 Å². The van der Waals surface area contributed by atoms with Gasteiger partial charge in [-0.1, -0.05) is 11.6 Å². The van der Waals surface area contributed by atoms with Crippen molar-refractivity contribution in [1.29, 1.82) is 0 Å². The zero-order chi connectivity index (χ0) is 14.0. The topological polar surface area (TPSA) is 69.6 Å². The lowest BCUT2D eigenvalue weighted by molar-refractivity contribution is 0.102. The molecule has 0 aromatic heterocycles. The number of aromatic hydroxyl groups is 2. The molecule has 0 aliphatic heterocycles. The van der Waals surface area contributed by atoms with Gasteiger partial charge in [-0.25, -0.2) is 4.39 Å². The highest BCUT2D eigenvalue weighted by Gasteiger charge is 2.10. The number of nitrogens with one attached hydrogen (secondary N) is 1. The Morgan fingerprint density at radius 3 is 2.32 bits per heavy atom. The van der Waals surface area contributed by atoms with E-state index in [1.807, 2.05) is 0 Å². The lowest BCUT2D eigenvalue weighted by Crippen LogP contribution is -2.11. The van der Waals surface area contributed by atoms with E-state index >= 15 is 0 Å². The van der Waals surface area contributed by atoms with Gasteiger partial charge < -0.3 is 15.5 Å². The molecule has 6 heteroatoms. The summed E-state index contributed by atoms with van der Waals surface area (Å²) in [6, 6.07) is 7.23. The molecular formula is C13H9ClFNO3. The lowest BCUT2D eigenvalue weighted by Gasteiger charge is -2.07. The Kier molecular flexibility index (Phi) is 3.57. The minimum Gasteiger partial charge on any atom is -0.508 e. The molecule has 0 fully saturated rings. The number of hydrogen-bond acceptors (Lipinski definition) is 3.